The van der Waals surface area contributed by atoms with Crippen LogP contribution in [-0.4, -0.2) is 36.9 Å². The van der Waals surface area contributed by atoms with Crippen LogP contribution >= 0.6 is 11.8 Å². The number of thioether (sulfide) groups is 1. The number of methoxy groups -OCH3 is 1. The van der Waals surface area contributed by atoms with Crippen LogP contribution in [0.4, 0.5) is 0 Å². The Morgan fingerprint density at radius 3 is 2.83 bits per heavy atom. The van der Waals surface area contributed by atoms with Crippen LogP contribution in [-0.2, 0) is 9.53 Å². The lowest BCUT2D eigenvalue weighted by Crippen LogP contribution is -2.27. The van der Waals surface area contributed by atoms with E-state index >= 15 is 0 Å². The van der Waals surface area contributed by atoms with E-state index in [-0.39, 0.29) is 5.97 Å². The summed E-state index contributed by atoms with van der Waals surface area (Å²) in [5, 5.41) is 0. The third-order valence-electron chi connectivity index (χ3n) is 2.80. The first-order chi connectivity index (χ1) is 8.67. The fourth-order valence-corrected chi connectivity index (χ4v) is 2.79. The summed E-state index contributed by atoms with van der Waals surface area (Å²) in [6, 6.07) is 8.45. The SMILES string of the molecule is COC(=O)CN1CSC(=Cc2ccc(C)cc2)C1. The molecule has 0 spiro atoms. The van der Waals surface area contributed by atoms with E-state index in [0.717, 1.165) is 12.4 Å². The Labute approximate surface area is 112 Å². The second-order valence-electron chi connectivity index (χ2n) is 4.36. The van der Waals surface area contributed by atoms with Gasteiger partial charge in [-0.05, 0) is 18.6 Å². The van der Waals surface area contributed by atoms with Crippen molar-refractivity contribution in [3.63, 3.8) is 0 Å². The zero-order chi connectivity index (χ0) is 13.0. The molecular weight excluding hydrogens is 246 g/mol. The lowest BCUT2D eigenvalue weighted by molar-refractivity contribution is -0.141. The molecule has 2 rings (SSSR count). The van der Waals surface area contributed by atoms with E-state index in [1.165, 1.54) is 23.1 Å². The van der Waals surface area contributed by atoms with Crippen LogP contribution in [0.2, 0.25) is 0 Å². The summed E-state index contributed by atoms with van der Waals surface area (Å²) in [6.07, 6.45) is 2.18. The van der Waals surface area contributed by atoms with Gasteiger partial charge in [0.15, 0.2) is 0 Å². The molecule has 18 heavy (non-hydrogen) atoms. The number of carbonyl (C=O) groups is 1. The molecule has 1 aliphatic rings. The molecule has 1 aromatic rings. The molecule has 0 radical (unpaired) electrons. The van der Waals surface area contributed by atoms with Gasteiger partial charge in [0.25, 0.3) is 0 Å². The van der Waals surface area contributed by atoms with Crippen molar-refractivity contribution in [1.29, 1.82) is 0 Å². The van der Waals surface area contributed by atoms with Crippen LogP contribution in [0.15, 0.2) is 29.2 Å². The Hall–Kier alpha value is -1.26. The highest BCUT2D eigenvalue weighted by molar-refractivity contribution is 8.03. The van der Waals surface area contributed by atoms with E-state index < -0.39 is 0 Å². The number of hydrogen-bond donors (Lipinski definition) is 0. The molecule has 3 nitrogen and oxygen atoms in total. The van der Waals surface area contributed by atoms with Gasteiger partial charge in [0.1, 0.15) is 0 Å². The fourth-order valence-electron chi connectivity index (χ4n) is 1.77. The van der Waals surface area contributed by atoms with E-state index in [1.807, 2.05) is 0 Å². The Morgan fingerprint density at radius 2 is 2.17 bits per heavy atom. The third kappa shape index (κ3) is 3.62. The summed E-state index contributed by atoms with van der Waals surface area (Å²) in [6.45, 7) is 3.28. The minimum atomic E-state index is -0.174. The maximum Gasteiger partial charge on any atom is 0.319 e. The average molecular weight is 263 g/mol. The lowest BCUT2D eigenvalue weighted by atomic mass is 10.1. The summed E-state index contributed by atoms with van der Waals surface area (Å²) in [5.41, 5.74) is 2.48. The van der Waals surface area contributed by atoms with Crippen LogP contribution in [0.25, 0.3) is 6.08 Å². The molecule has 96 valence electrons. The molecule has 1 heterocycles. The predicted octanol–water partition coefficient (Wildman–Crippen LogP) is 2.52. The van der Waals surface area contributed by atoms with E-state index in [9.17, 15) is 4.79 Å². The van der Waals surface area contributed by atoms with Crippen molar-refractivity contribution in [2.45, 2.75) is 6.92 Å². The molecule has 4 heteroatoms. The number of nitrogens with zero attached hydrogens (tertiary/aromatic N) is 1. The highest BCUT2D eigenvalue weighted by Gasteiger charge is 2.19. The smallest absolute Gasteiger partial charge is 0.319 e. The zero-order valence-electron chi connectivity index (χ0n) is 10.7. The first-order valence-electron chi connectivity index (χ1n) is 5.86. The van der Waals surface area contributed by atoms with Crippen molar-refractivity contribution in [3.8, 4) is 0 Å². The fraction of sp³-hybridized carbons (Fsp3) is 0.357. The van der Waals surface area contributed by atoms with E-state index in [2.05, 4.69) is 46.9 Å². The summed E-state index contributed by atoms with van der Waals surface area (Å²) in [4.78, 5) is 14.6. The largest absolute Gasteiger partial charge is 0.468 e. The average Bonchev–Trinajstić information content (AvgIpc) is 2.79. The lowest BCUT2D eigenvalue weighted by Gasteiger charge is -2.10. The molecule has 0 bridgehead atoms. The van der Waals surface area contributed by atoms with Gasteiger partial charge >= 0.3 is 5.97 Å². The number of hydrogen-bond acceptors (Lipinski definition) is 4. The van der Waals surface area contributed by atoms with Gasteiger partial charge in [-0.3, -0.25) is 9.69 Å². The molecule has 1 saturated heterocycles. The van der Waals surface area contributed by atoms with Gasteiger partial charge in [-0.15, -0.1) is 11.8 Å². The monoisotopic (exact) mass is 263 g/mol. The van der Waals surface area contributed by atoms with Crippen molar-refractivity contribution < 1.29 is 9.53 Å². The number of ether oxygens (including phenoxy) is 1. The van der Waals surface area contributed by atoms with Crippen molar-refractivity contribution in [2.24, 2.45) is 0 Å². The van der Waals surface area contributed by atoms with E-state index in [4.69, 9.17) is 0 Å². The molecule has 1 aliphatic heterocycles. The van der Waals surface area contributed by atoms with Crippen molar-refractivity contribution in [1.82, 2.24) is 4.90 Å². The molecule has 1 aromatic carbocycles. The van der Waals surface area contributed by atoms with Crippen molar-refractivity contribution in [2.75, 3.05) is 26.1 Å². The Balaban J connectivity index is 1.95. The minimum absolute atomic E-state index is 0.174. The quantitative estimate of drug-likeness (QED) is 0.784. The third-order valence-corrected chi connectivity index (χ3v) is 3.91. The maximum absolute atomic E-state index is 11.2. The second kappa shape index (κ2) is 6.07. The normalized spacial score (nSPS) is 18.2. The molecule has 0 atom stereocenters. The van der Waals surface area contributed by atoms with Gasteiger partial charge in [0.2, 0.25) is 0 Å². The van der Waals surface area contributed by atoms with Gasteiger partial charge in [-0.1, -0.05) is 29.8 Å². The minimum Gasteiger partial charge on any atom is -0.468 e. The van der Waals surface area contributed by atoms with Crippen LogP contribution in [0.1, 0.15) is 11.1 Å². The molecule has 0 aromatic heterocycles. The van der Waals surface area contributed by atoms with Gasteiger partial charge in [0.05, 0.1) is 13.7 Å². The van der Waals surface area contributed by atoms with E-state index in [0.29, 0.717) is 6.54 Å². The van der Waals surface area contributed by atoms with E-state index in [1.54, 1.807) is 11.8 Å². The number of carbonyl (C=O) groups excluding carboxylic acids is 1. The molecule has 1 fully saturated rings. The summed E-state index contributed by atoms with van der Waals surface area (Å²) in [7, 11) is 1.43. The highest BCUT2D eigenvalue weighted by atomic mass is 32.2. The zero-order valence-corrected chi connectivity index (χ0v) is 11.5. The number of benzene rings is 1. The Bertz CT molecular complexity index is 453. The molecule has 0 unspecified atom stereocenters. The Morgan fingerprint density at radius 1 is 1.44 bits per heavy atom. The van der Waals surface area contributed by atoms with Crippen molar-refractivity contribution in [3.05, 3.63) is 40.3 Å². The summed E-state index contributed by atoms with van der Waals surface area (Å²) in [5.74, 6) is 0.680. The molecule has 0 saturated carbocycles. The van der Waals surface area contributed by atoms with Crippen LogP contribution in [0, 0.1) is 6.92 Å². The van der Waals surface area contributed by atoms with Crippen molar-refractivity contribution >= 4 is 23.8 Å². The van der Waals surface area contributed by atoms with Gasteiger partial charge in [-0.25, -0.2) is 0 Å². The number of aryl methyl sites for hydroxylation is 1. The molecule has 0 N–H and O–H groups in total. The second-order valence-corrected chi connectivity index (χ2v) is 5.43. The highest BCUT2D eigenvalue weighted by Crippen LogP contribution is 2.28. The Kier molecular flexibility index (Phi) is 4.44. The number of esters is 1. The van der Waals surface area contributed by atoms with Gasteiger partial charge < -0.3 is 4.74 Å². The first kappa shape index (κ1) is 13.2. The van der Waals surface area contributed by atoms with Gasteiger partial charge in [0, 0.05) is 17.3 Å². The van der Waals surface area contributed by atoms with Crippen LogP contribution in [0.3, 0.4) is 0 Å². The van der Waals surface area contributed by atoms with Crippen LogP contribution < -0.4 is 0 Å². The summed E-state index contributed by atoms with van der Waals surface area (Å²) < 4.78 is 4.67. The van der Waals surface area contributed by atoms with Gasteiger partial charge in [-0.2, -0.15) is 0 Å². The molecular formula is C14H17NO2S. The summed E-state index contributed by atoms with van der Waals surface area (Å²) >= 11 is 1.78. The number of rotatable bonds is 3. The topological polar surface area (TPSA) is 29.5 Å². The van der Waals surface area contributed by atoms with Crippen LogP contribution in [0.5, 0.6) is 0 Å². The maximum atomic E-state index is 11.2. The molecule has 0 aliphatic carbocycles. The first-order valence-corrected chi connectivity index (χ1v) is 6.85. The predicted molar refractivity (Wildman–Crippen MR) is 75.2 cm³/mol. The molecule has 0 amide bonds. The standard InChI is InChI=1S/C14H17NO2S/c1-11-3-5-12(6-4-11)7-13-8-15(10-18-13)9-14(16)17-2/h3-7H,8-10H2,1-2H3.